The minimum Gasteiger partial charge on any atom is -0.392 e. The van der Waals surface area contributed by atoms with Crippen LogP contribution in [0.3, 0.4) is 0 Å². The Balaban J connectivity index is 2.17. The first-order valence-corrected chi connectivity index (χ1v) is 7.42. The van der Waals surface area contributed by atoms with Crippen molar-refractivity contribution in [2.75, 3.05) is 5.73 Å². The molecule has 0 fully saturated rings. The van der Waals surface area contributed by atoms with E-state index in [0.717, 1.165) is 18.2 Å². The summed E-state index contributed by atoms with van der Waals surface area (Å²) in [6.45, 7) is 0. The van der Waals surface area contributed by atoms with Gasteiger partial charge in [0, 0.05) is 11.5 Å². The first-order valence-electron chi connectivity index (χ1n) is 7.42. The lowest BCUT2D eigenvalue weighted by Crippen LogP contribution is -2.04. The first-order chi connectivity index (χ1) is 12.6. The highest BCUT2D eigenvalue weighted by molar-refractivity contribution is 6.02. The van der Waals surface area contributed by atoms with Crippen LogP contribution in [0.15, 0.2) is 48.5 Å². The Labute approximate surface area is 149 Å². The molecule has 0 saturated heterocycles. The molecule has 3 rings (SSSR count). The third-order valence-corrected chi connectivity index (χ3v) is 4.06. The van der Waals surface area contributed by atoms with Crippen LogP contribution in [0, 0.1) is 20.2 Å². The van der Waals surface area contributed by atoms with Crippen molar-refractivity contribution in [1.29, 1.82) is 0 Å². The van der Waals surface area contributed by atoms with Crippen molar-refractivity contribution in [1.82, 2.24) is 0 Å². The molecule has 0 spiro atoms. The van der Waals surface area contributed by atoms with E-state index in [2.05, 4.69) is 0 Å². The number of halogens is 3. The zero-order chi connectivity index (χ0) is 19.9. The molecule has 0 aliphatic heterocycles. The number of anilines is 1. The third kappa shape index (κ3) is 3.24. The second-order valence-corrected chi connectivity index (χ2v) is 5.68. The van der Waals surface area contributed by atoms with Crippen molar-refractivity contribution in [2.24, 2.45) is 0 Å². The van der Waals surface area contributed by atoms with Gasteiger partial charge in [0.2, 0.25) is 0 Å². The van der Waals surface area contributed by atoms with E-state index >= 15 is 0 Å². The summed E-state index contributed by atoms with van der Waals surface area (Å²) in [6, 6.07) is 9.85. The monoisotopic (exact) mass is 377 g/mol. The zero-order valence-electron chi connectivity index (χ0n) is 13.4. The van der Waals surface area contributed by atoms with Crippen LogP contribution in [-0.2, 0) is 6.18 Å². The lowest BCUT2D eigenvalue weighted by Gasteiger charge is -2.09. The van der Waals surface area contributed by atoms with Gasteiger partial charge in [0.25, 0.3) is 0 Å². The van der Waals surface area contributed by atoms with Crippen molar-refractivity contribution >= 4 is 27.8 Å². The molecule has 2 N–H and O–H groups in total. The van der Waals surface area contributed by atoms with E-state index in [-0.39, 0.29) is 16.5 Å². The Morgan fingerprint density at radius 2 is 1.44 bits per heavy atom. The number of hydrogen-bond donors (Lipinski definition) is 1. The summed E-state index contributed by atoms with van der Waals surface area (Å²) in [5, 5.41) is 22.8. The molecule has 0 amide bonds. The lowest BCUT2D eigenvalue weighted by molar-refractivity contribution is -0.421. The van der Waals surface area contributed by atoms with Gasteiger partial charge in [-0.1, -0.05) is 24.3 Å². The zero-order valence-corrected chi connectivity index (χ0v) is 13.4. The van der Waals surface area contributed by atoms with E-state index in [9.17, 15) is 33.4 Å². The SMILES string of the molecule is Nc1c([N+](=O)[O-])c([N+](=O)[O-])cc2cc(-c3ccc(C(F)(F)F)cc3)ccc12. The number of benzene rings is 3. The molecule has 0 aliphatic rings. The lowest BCUT2D eigenvalue weighted by atomic mass is 9.98. The Bertz CT molecular complexity index is 1080. The van der Waals surface area contributed by atoms with Crippen molar-refractivity contribution in [3.8, 4) is 11.1 Å². The molecule has 3 aromatic rings. The van der Waals surface area contributed by atoms with Crippen LogP contribution >= 0.6 is 0 Å². The predicted octanol–water partition coefficient (Wildman–Crippen LogP) is 4.92. The van der Waals surface area contributed by atoms with Crippen LogP contribution in [0.5, 0.6) is 0 Å². The molecule has 0 saturated carbocycles. The van der Waals surface area contributed by atoms with Crippen LogP contribution in [0.25, 0.3) is 21.9 Å². The van der Waals surface area contributed by atoms with Gasteiger partial charge in [-0.3, -0.25) is 20.2 Å². The Morgan fingerprint density at radius 1 is 0.852 bits per heavy atom. The van der Waals surface area contributed by atoms with Crippen molar-refractivity contribution in [3.63, 3.8) is 0 Å². The predicted molar refractivity (Wildman–Crippen MR) is 92.1 cm³/mol. The fraction of sp³-hybridized carbons (Fsp3) is 0.0588. The number of nitro groups is 2. The highest BCUT2D eigenvalue weighted by Crippen LogP contribution is 2.40. The minimum absolute atomic E-state index is 0.239. The molecule has 0 atom stereocenters. The van der Waals surface area contributed by atoms with Gasteiger partial charge in [-0.25, -0.2) is 0 Å². The Morgan fingerprint density at radius 3 is 1.96 bits per heavy atom. The van der Waals surface area contributed by atoms with Gasteiger partial charge < -0.3 is 5.73 Å². The standard InChI is InChI=1S/C17H10F3N3O4/c18-17(19,20)12-4-1-9(2-5-12)10-3-6-13-11(7-10)8-14(22(24)25)16(15(13)21)23(26)27/h1-8H,21H2. The summed E-state index contributed by atoms with van der Waals surface area (Å²) in [7, 11) is 0. The number of alkyl halides is 3. The van der Waals surface area contributed by atoms with Gasteiger partial charge in [0.15, 0.2) is 0 Å². The van der Waals surface area contributed by atoms with Crippen molar-refractivity contribution in [3.05, 3.63) is 74.3 Å². The molecule has 0 unspecified atom stereocenters. The van der Waals surface area contributed by atoms with E-state index < -0.39 is 33.0 Å². The van der Waals surface area contributed by atoms with E-state index in [1.54, 1.807) is 0 Å². The summed E-state index contributed by atoms with van der Waals surface area (Å²) < 4.78 is 38.0. The molecule has 0 bridgehead atoms. The largest absolute Gasteiger partial charge is 0.416 e. The molecule has 0 radical (unpaired) electrons. The highest BCUT2D eigenvalue weighted by atomic mass is 19.4. The number of hydrogen-bond acceptors (Lipinski definition) is 5. The maximum absolute atomic E-state index is 12.7. The van der Waals surface area contributed by atoms with Crippen molar-refractivity contribution < 1.29 is 23.0 Å². The van der Waals surface area contributed by atoms with Gasteiger partial charge in [-0.2, -0.15) is 13.2 Å². The molecule has 0 aliphatic carbocycles. The maximum atomic E-state index is 12.7. The summed E-state index contributed by atoms with van der Waals surface area (Å²) in [5.74, 6) is 0. The molecule has 0 heterocycles. The Hall–Kier alpha value is -3.69. The Kier molecular flexibility index (Phi) is 4.18. The highest BCUT2D eigenvalue weighted by Gasteiger charge is 2.31. The molecule has 27 heavy (non-hydrogen) atoms. The fourth-order valence-corrected chi connectivity index (χ4v) is 2.77. The summed E-state index contributed by atoms with van der Waals surface area (Å²) >= 11 is 0. The first kappa shape index (κ1) is 18.1. The minimum atomic E-state index is -4.46. The van der Waals surface area contributed by atoms with Crippen LogP contribution in [0.1, 0.15) is 5.56 Å². The number of nitrogens with zero attached hydrogens (tertiary/aromatic N) is 2. The van der Waals surface area contributed by atoms with E-state index in [4.69, 9.17) is 5.73 Å². The fourth-order valence-electron chi connectivity index (χ4n) is 2.77. The summed E-state index contributed by atoms with van der Waals surface area (Å²) in [4.78, 5) is 20.4. The van der Waals surface area contributed by atoms with Crippen LogP contribution in [-0.4, -0.2) is 9.85 Å². The van der Waals surface area contributed by atoms with Gasteiger partial charge in [0.1, 0.15) is 5.69 Å². The molecular weight excluding hydrogens is 367 g/mol. The molecule has 10 heteroatoms. The topological polar surface area (TPSA) is 112 Å². The average Bonchev–Trinajstić information content (AvgIpc) is 2.60. The second kappa shape index (κ2) is 6.24. The number of nitrogens with two attached hydrogens (primary N) is 1. The number of rotatable bonds is 3. The number of fused-ring (bicyclic) bond motifs is 1. The van der Waals surface area contributed by atoms with Crippen LogP contribution in [0.2, 0.25) is 0 Å². The van der Waals surface area contributed by atoms with Gasteiger partial charge in [0.05, 0.1) is 15.4 Å². The number of nitrogen functional groups attached to an aromatic ring is 1. The number of nitro benzene ring substituents is 2. The quantitative estimate of drug-likeness (QED) is 0.395. The smallest absolute Gasteiger partial charge is 0.392 e. The molecule has 3 aromatic carbocycles. The van der Waals surface area contributed by atoms with E-state index in [0.29, 0.717) is 11.1 Å². The maximum Gasteiger partial charge on any atom is 0.416 e. The summed E-state index contributed by atoms with van der Waals surface area (Å²) in [5.41, 5.74) is 3.98. The molecule has 138 valence electrons. The third-order valence-electron chi connectivity index (χ3n) is 4.06. The van der Waals surface area contributed by atoms with Crippen molar-refractivity contribution in [2.45, 2.75) is 6.18 Å². The summed E-state index contributed by atoms with van der Waals surface area (Å²) in [6.07, 6.45) is -4.46. The molecule has 0 aromatic heterocycles. The van der Waals surface area contributed by atoms with Gasteiger partial charge >= 0.3 is 17.6 Å². The van der Waals surface area contributed by atoms with E-state index in [1.165, 1.54) is 30.3 Å². The van der Waals surface area contributed by atoms with Gasteiger partial charge in [-0.05, 0) is 34.7 Å². The second-order valence-electron chi connectivity index (χ2n) is 5.68. The molecule has 7 nitrogen and oxygen atoms in total. The average molecular weight is 377 g/mol. The van der Waals surface area contributed by atoms with Crippen LogP contribution in [0.4, 0.5) is 30.2 Å². The molecular formula is C17H10F3N3O4. The van der Waals surface area contributed by atoms with Gasteiger partial charge in [-0.15, -0.1) is 0 Å². The van der Waals surface area contributed by atoms with E-state index in [1.807, 2.05) is 0 Å². The normalized spacial score (nSPS) is 11.5. The van der Waals surface area contributed by atoms with Crippen LogP contribution < -0.4 is 5.73 Å².